The molecular formula is C21H19BrN4O2. The predicted octanol–water partition coefficient (Wildman–Crippen LogP) is 4.18. The monoisotopic (exact) mass is 438 g/mol. The quantitative estimate of drug-likeness (QED) is 0.572. The Morgan fingerprint density at radius 3 is 2.89 bits per heavy atom. The van der Waals surface area contributed by atoms with Crippen molar-refractivity contribution in [3.63, 3.8) is 0 Å². The number of aromatic nitrogens is 3. The summed E-state index contributed by atoms with van der Waals surface area (Å²) in [6, 6.07) is 11.6. The number of esters is 1. The molecule has 1 atom stereocenters. The van der Waals surface area contributed by atoms with E-state index in [1.165, 1.54) is 7.11 Å². The van der Waals surface area contributed by atoms with Crippen LogP contribution in [0.1, 0.15) is 41.7 Å². The van der Waals surface area contributed by atoms with Crippen molar-refractivity contribution < 1.29 is 9.53 Å². The highest BCUT2D eigenvalue weighted by Crippen LogP contribution is 2.34. The Morgan fingerprint density at radius 2 is 2.14 bits per heavy atom. The first-order valence-electron chi connectivity index (χ1n) is 8.99. The summed E-state index contributed by atoms with van der Waals surface area (Å²) in [4.78, 5) is 26.0. The van der Waals surface area contributed by atoms with E-state index in [0.717, 1.165) is 38.6 Å². The highest BCUT2D eigenvalue weighted by molar-refractivity contribution is 9.10. The van der Waals surface area contributed by atoms with Gasteiger partial charge in [-0.3, -0.25) is 14.8 Å². The van der Waals surface area contributed by atoms with Crippen molar-refractivity contribution in [3.8, 4) is 5.69 Å². The van der Waals surface area contributed by atoms with E-state index >= 15 is 0 Å². The van der Waals surface area contributed by atoms with Crippen molar-refractivity contribution in [2.24, 2.45) is 4.99 Å². The number of carbonyl (C=O) groups is 1. The summed E-state index contributed by atoms with van der Waals surface area (Å²) in [6.07, 6.45) is 4.54. The fraction of sp³-hybridized carbons (Fsp3) is 0.238. The number of rotatable bonds is 4. The normalized spacial score (nSPS) is 15.2. The number of methoxy groups -OCH3 is 1. The predicted molar refractivity (Wildman–Crippen MR) is 110 cm³/mol. The van der Waals surface area contributed by atoms with E-state index in [4.69, 9.17) is 14.7 Å². The Morgan fingerprint density at radius 1 is 1.29 bits per heavy atom. The van der Waals surface area contributed by atoms with Crippen molar-refractivity contribution in [1.82, 2.24) is 14.5 Å². The average molecular weight is 439 g/mol. The maximum absolute atomic E-state index is 11.8. The number of aliphatic imine (C=N–C) groups is 1. The van der Waals surface area contributed by atoms with Gasteiger partial charge in [-0.1, -0.05) is 22.0 Å². The van der Waals surface area contributed by atoms with Gasteiger partial charge in [0.05, 0.1) is 29.9 Å². The van der Waals surface area contributed by atoms with Crippen molar-refractivity contribution in [2.75, 3.05) is 7.11 Å². The molecule has 1 aliphatic heterocycles. The lowest BCUT2D eigenvalue weighted by atomic mass is 10.0. The number of hydrogen-bond acceptors (Lipinski definition) is 5. The zero-order valence-corrected chi connectivity index (χ0v) is 17.2. The number of ether oxygens (including phenoxy) is 1. The SMILES string of the molecule is COC(=O)CCC1N=C(c2ccccn2)c2cc(Br)ccc2-n2cc(C)nc21. The minimum Gasteiger partial charge on any atom is -0.469 e. The Balaban J connectivity index is 1.92. The molecule has 0 radical (unpaired) electrons. The molecule has 4 rings (SSSR count). The Bertz CT molecular complexity index is 1060. The molecule has 0 fully saturated rings. The van der Waals surface area contributed by atoms with E-state index in [0.29, 0.717) is 6.42 Å². The van der Waals surface area contributed by atoms with Gasteiger partial charge in [-0.25, -0.2) is 4.98 Å². The number of halogens is 1. The van der Waals surface area contributed by atoms with Crippen LogP contribution in [-0.2, 0) is 9.53 Å². The highest BCUT2D eigenvalue weighted by Gasteiger charge is 2.27. The second-order valence-electron chi connectivity index (χ2n) is 6.60. The van der Waals surface area contributed by atoms with Crippen LogP contribution in [0.15, 0.2) is 58.3 Å². The molecule has 0 saturated carbocycles. The second-order valence-corrected chi connectivity index (χ2v) is 7.51. The van der Waals surface area contributed by atoms with Gasteiger partial charge in [0.1, 0.15) is 11.9 Å². The number of fused-ring (bicyclic) bond motifs is 3. The molecule has 0 amide bonds. The standard InChI is InChI=1S/C21H19BrN4O2/c1-13-12-26-18-8-6-14(22)11-15(18)20(16-5-3-4-10-23-16)25-17(21(26)24-13)7-9-19(27)28-2/h3-6,8,10-12,17H,7,9H2,1-2H3. The average Bonchev–Trinajstić information content (AvgIpc) is 3.04. The van der Waals surface area contributed by atoms with E-state index in [-0.39, 0.29) is 18.4 Å². The van der Waals surface area contributed by atoms with E-state index < -0.39 is 0 Å². The lowest BCUT2D eigenvalue weighted by Gasteiger charge is -2.12. The van der Waals surface area contributed by atoms with E-state index in [1.54, 1.807) is 6.20 Å². The van der Waals surface area contributed by atoms with Crippen LogP contribution in [0.3, 0.4) is 0 Å². The number of carbonyl (C=O) groups excluding carboxylic acids is 1. The number of imidazole rings is 1. The van der Waals surface area contributed by atoms with E-state index in [9.17, 15) is 4.79 Å². The number of hydrogen-bond donors (Lipinski definition) is 0. The summed E-state index contributed by atoms with van der Waals surface area (Å²) in [5.41, 5.74) is 4.43. The van der Waals surface area contributed by atoms with Crippen LogP contribution >= 0.6 is 15.9 Å². The molecule has 7 heteroatoms. The third kappa shape index (κ3) is 3.49. The third-order valence-corrected chi connectivity index (χ3v) is 5.16. The lowest BCUT2D eigenvalue weighted by Crippen LogP contribution is -2.09. The maximum atomic E-state index is 11.8. The first kappa shape index (κ1) is 18.6. The zero-order chi connectivity index (χ0) is 19.7. The molecule has 0 saturated heterocycles. The van der Waals surface area contributed by atoms with Crippen LogP contribution in [0.2, 0.25) is 0 Å². The van der Waals surface area contributed by atoms with Gasteiger partial charge < -0.3 is 9.30 Å². The molecular weight excluding hydrogens is 420 g/mol. The second kappa shape index (κ2) is 7.67. The van der Waals surface area contributed by atoms with Gasteiger partial charge in [0.25, 0.3) is 0 Å². The number of pyridine rings is 1. The first-order valence-corrected chi connectivity index (χ1v) is 9.78. The summed E-state index contributed by atoms with van der Waals surface area (Å²) in [7, 11) is 1.40. The van der Waals surface area contributed by atoms with Crippen LogP contribution in [0.4, 0.5) is 0 Å². The molecule has 6 nitrogen and oxygen atoms in total. The summed E-state index contributed by atoms with van der Waals surface area (Å²) in [5, 5.41) is 0. The molecule has 1 aliphatic rings. The Hall–Kier alpha value is -2.80. The lowest BCUT2D eigenvalue weighted by molar-refractivity contribution is -0.140. The van der Waals surface area contributed by atoms with Gasteiger partial charge in [-0.2, -0.15) is 0 Å². The van der Waals surface area contributed by atoms with E-state index in [1.807, 2.05) is 49.5 Å². The van der Waals surface area contributed by atoms with Crippen LogP contribution in [0.5, 0.6) is 0 Å². The minimum atomic E-state index is -0.281. The smallest absolute Gasteiger partial charge is 0.305 e. The van der Waals surface area contributed by atoms with Crippen molar-refractivity contribution in [1.29, 1.82) is 0 Å². The van der Waals surface area contributed by atoms with Crippen LogP contribution in [0.25, 0.3) is 5.69 Å². The maximum Gasteiger partial charge on any atom is 0.305 e. The molecule has 0 spiro atoms. The van der Waals surface area contributed by atoms with Gasteiger partial charge in [-0.15, -0.1) is 0 Å². The fourth-order valence-electron chi connectivity index (χ4n) is 3.39. The molecule has 2 aromatic heterocycles. The van der Waals surface area contributed by atoms with Crippen LogP contribution < -0.4 is 0 Å². The van der Waals surface area contributed by atoms with Gasteiger partial charge in [0, 0.05) is 28.9 Å². The molecule has 0 bridgehead atoms. The number of aryl methyl sites for hydroxylation is 1. The zero-order valence-electron chi connectivity index (χ0n) is 15.6. The molecule has 1 unspecified atom stereocenters. The molecule has 0 aliphatic carbocycles. The van der Waals surface area contributed by atoms with Gasteiger partial charge >= 0.3 is 5.97 Å². The van der Waals surface area contributed by atoms with E-state index in [2.05, 4.69) is 25.5 Å². The van der Waals surface area contributed by atoms with Crippen LogP contribution in [-0.4, -0.2) is 33.3 Å². The summed E-state index contributed by atoms with van der Waals surface area (Å²) >= 11 is 3.57. The first-order chi connectivity index (χ1) is 13.6. The van der Waals surface area contributed by atoms with Gasteiger partial charge in [-0.05, 0) is 43.7 Å². The van der Waals surface area contributed by atoms with Crippen LogP contribution in [0, 0.1) is 6.92 Å². The van der Waals surface area contributed by atoms with Crippen molar-refractivity contribution in [2.45, 2.75) is 25.8 Å². The van der Waals surface area contributed by atoms with Gasteiger partial charge in [0.2, 0.25) is 0 Å². The molecule has 1 aromatic carbocycles. The topological polar surface area (TPSA) is 69.4 Å². The number of benzene rings is 1. The van der Waals surface area contributed by atoms with Crippen molar-refractivity contribution >= 4 is 27.6 Å². The summed E-state index contributed by atoms with van der Waals surface area (Å²) in [6.45, 7) is 1.96. The molecule has 3 aromatic rings. The Labute approximate surface area is 171 Å². The van der Waals surface area contributed by atoms with Crippen molar-refractivity contribution in [3.05, 3.63) is 76.0 Å². The molecule has 0 N–H and O–H groups in total. The molecule has 28 heavy (non-hydrogen) atoms. The summed E-state index contributed by atoms with van der Waals surface area (Å²) in [5.74, 6) is 0.560. The fourth-order valence-corrected chi connectivity index (χ4v) is 3.75. The molecule has 142 valence electrons. The minimum absolute atomic E-state index is 0.256. The highest BCUT2D eigenvalue weighted by atomic mass is 79.9. The largest absolute Gasteiger partial charge is 0.469 e. The van der Waals surface area contributed by atoms with Gasteiger partial charge in [0.15, 0.2) is 0 Å². The Kier molecular flexibility index (Phi) is 5.09. The summed E-state index contributed by atoms with van der Waals surface area (Å²) < 4.78 is 7.85. The molecule has 3 heterocycles. The number of nitrogens with zero attached hydrogens (tertiary/aromatic N) is 4. The third-order valence-electron chi connectivity index (χ3n) is 4.67.